The van der Waals surface area contributed by atoms with Crippen LogP contribution >= 0.6 is 0 Å². The van der Waals surface area contributed by atoms with Gasteiger partial charge in [-0.05, 0) is 25.6 Å². The third kappa shape index (κ3) is 4.92. The lowest BCUT2D eigenvalue weighted by atomic mass is 10.3. The SMILES string of the molecule is CCCCNC(=O)CN(C)Cc1nnc(-c2cccnc2)o1. The summed E-state index contributed by atoms with van der Waals surface area (Å²) in [7, 11) is 1.84. The van der Waals surface area contributed by atoms with Gasteiger partial charge in [0.15, 0.2) is 0 Å². The lowest BCUT2D eigenvalue weighted by Gasteiger charge is -2.13. The quantitative estimate of drug-likeness (QED) is 0.744. The first-order valence-electron chi connectivity index (χ1n) is 7.37. The van der Waals surface area contributed by atoms with Crippen LogP contribution in [0, 0.1) is 0 Å². The lowest BCUT2D eigenvalue weighted by molar-refractivity contribution is -0.122. The van der Waals surface area contributed by atoms with Crippen molar-refractivity contribution in [3.63, 3.8) is 0 Å². The fourth-order valence-corrected chi connectivity index (χ4v) is 1.92. The minimum absolute atomic E-state index is 0.00273. The number of unbranched alkanes of at least 4 members (excludes halogenated alkanes) is 1. The van der Waals surface area contributed by atoms with Crippen LogP contribution in [0.3, 0.4) is 0 Å². The average Bonchev–Trinajstić information content (AvgIpc) is 2.96. The van der Waals surface area contributed by atoms with E-state index in [1.165, 1.54) is 0 Å². The molecule has 0 saturated carbocycles. The van der Waals surface area contributed by atoms with Crippen LogP contribution in [0.15, 0.2) is 28.9 Å². The van der Waals surface area contributed by atoms with Crippen LogP contribution in [-0.2, 0) is 11.3 Å². The largest absolute Gasteiger partial charge is 0.419 e. The van der Waals surface area contributed by atoms with Crippen LogP contribution in [0.4, 0.5) is 0 Å². The third-order valence-corrected chi connectivity index (χ3v) is 3.05. The van der Waals surface area contributed by atoms with E-state index in [4.69, 9.17) is 4.42 Å². The summed E-state index contributed by atoms with van der Waals surface area (Å²) in [6.45, 7) is 3.53. The van der Waals surface area contributed by atoms with E-state index in [9.17, 15) is 4.79 Å². The molecular weight excluding hydrogens is 282 g/mol. The maximum absolute atomic E-state index is 11.7. The van der Waals surface area contributed by atoms with Gasteiger partial charge < -0.3 is 9.73 Å². The number of hydrogen-bond donors (Lipinski definition) is 1. The summed E-state index contributed by atoms with van der Waals surface area (Å²) in [5.74, 6) is 0.912. The molecule has 0 atom stereocenters. The monoisotopic (exact) mass is 303 g/mol. The molecule has 0 aliphatic heterocycles. The van der Waals surface area contributed by atoms with E-state index in [1.807, 2.05) is 24.1 Å². The van der Waals surface area contributed by atoms with Crippen molar-refractivity contribution in [3.8, 4) is 11.5 Å². The van der Waals surface area contributed by atoms with Gasteiger partial charge in [-0.15, -0.1) is 10.2 Å². The highest BCUT2D eigenvalue weighted by molar-refractivity contribution is 5.77. The molecular formula is C15H21N5O2. The molecule has 0 bridgehead atoms. The first-order chi connectivity index (χ1) is 10.7. The van der Waals surface area contributed by atoms with Crippen LogP contribution in [0.1, 0.15) is 25.7 Å². The van der Waals surface area contributed by atoms with E-state index in [0.717, 1.165) is 24.9 Å². The molecule has 2 heterocycles. The number of rotatable bonds is 8. The summed E-state index contributed by atoms with van der Waals surface area (Å²) in [6.07, 6.45) is 5.41. The van der Waals surface area contributed by atoms with E-state index in [-0.39, 0.29) is 5.91 Å². The maximum Gasteiger partial charge on any atom is 0.249 e. The molecule has 0 aliphatic rings. The molecule has 118 valence electrons. The van der Waals surface area contributed by atoms with Crippen molar-refractivity contribution in [3.05, 3.63) is 30.4 Å². The van der Waals surface area contributed by atoms with E-state index >= 15 is 0 Å². The normalized spacial score (nSPS) is 10.9. The Labute approximate surface area is 129 Å². The molecule has 7 heteroatoms. The number of nitrogens with zero attached hydrogens (tertiary/aromatic N) is 4. The predicted octanol–water partition coefficient (Wildman–Crippen LogP) is 1.48. The highest BCUT2D eigenvalue weighted by Gasteiger charge is 2.12. The Kier molecular flexibility index (Phi) is 6.02. The van der Waals surface area contributed by atoms with Gasteiger partial charge in [-0.2, -0.15) is 0 Å². The van der Waals surface area contributed by atoms with Crippen LogP contribution in [0.25, 0.3) is 11.5 Å². The molecule has 2 aromatic rings. The second-order valence-corrected chi connectivity index (χ2v) is 5.12. The van der Waals surface area contributed by atoms with E-state index in [0.29, 0.717) is 24.9 Å². The van der Waals surface area contributed by atoms with Crippen molar-refractivity contribution in [1.29, 1.82) is 0 Å². The van der Waals surface area contributed by atoms with Gasteiger partial charge in [0.1, 0.15) is 0 Å². The number of aromatic nitrogens is 3. The van der Waals surface area contributed by atoms with Crippen LogP contribution in [0.5, 0.6) is 0 Å². The summed E-state index contributed by atoms with van der Waals surface area (Å²) in [5, 5.41) is 10.9. The Morgan fingerprint density at radius 3 is 3.00 bits per heavy atom. The summed E-state index contributed by atoms with van der Waals surface area (Å²) in [6, 6.07) is 3.67. The molecule has 0 saturated heterocycles. The van der Waals surface area contributed by atoms with Gasteiger partial charge in [-0.3, -0.25) is 14.7 Å². The van der Waals surface area contributed by atoms with E-state index < -0.39 is 0 Å². The van der Waals surface area contributed by atoms with Gasteiger partial charge in [-0.1, -0.05) is 13.3 Å². The van der Waals surface area contributed by atoms with Gasteiger partial charge in [0.2, 0.25) is 17.7 Å². The Balaban J connectivity index is 1.83. The van der Waals surface area contributed by atoms with Gasteiger partial charge in [0.05, 0.1) is 18.7 Å². The number of likely N-dealkylation sites (N-methyl/N-ethyl adjacent to an activating group) is 1. The zero-order valence-corrected chi connectivity index (χ0v) is 13.0. The molecule has 1 N–H and O–H groups in total. The summed E-state index contributed by atoms with van der Waals surface area (Å²) < 4.78 is 5.58. The standard InChI is InChI=1S/C15H21N5O2/c1-3-4-8-17-13(21)10-20(2)11-14-18-19-15(22-14)12-6-5-7-16-9-12/h5-7,9H,3-4,8,10-11H2,1-2H3,(H,17,21). The molecule has 7 nitrogen and oxygen atoms in total. The fraction of sp³-hybridized carbons (Fsp3) is 0.467. The van der Waals surface area contributed by atoms with Crippen molar-refractivity contribution in [2.24, 2.45) is 0 Å². The molecule has 2 rings (SSSR count). The molecule has 0 unspecified atom stereocenters. The molecule has 1 amide bonds. The Bertz CT molecular complexity index is 585. The van der Waals surface area contributed by atoms with Gasteiger partial charge in [-0.25, -0.2) is 0 Å². The zero-order valence-electron chi connectivity index (χ0n) is 13.0. The van der Waals surface area contributed by atoms with Crippen molar-refractivity contribution >= 4 is 5.91 Å². The van der Waals surface area contributed by atoms with Gasteiger partial charge >= 0.3 is 0 Å². The van der Waals surface area contributed by atoms with Gasteiger partial charge in [0.25, 0.3) is 0 Å². The van der Waals surface area contributed by atoms with Crippen molar-refractivity contribution < 1.29 is 9.21 Å². The fourth-order valence-electron chi connectivity index (χ4n) is 1.92. The minimum atomic E-state index is 0.00273. The molecule has 0 aromatic carbocycles. The number of hydrogen-bond acceptors (Lipinski definition) is 6. The maximum atomic E-state index is 11.7. The number of amides is 1. The number of nitrogens with one attached hydrogen (secondary N) is 1. The number of carbonyl (C=O) groups is 1. The first-order valence-corrected chi connectivity index (χ1v) is 7.37. The first kappa shape index (κ1) is 16.1. The van der Waals surface area contributed by atoms with E-state index in [2.05, 4.69) is 27.4 Å². The molecule has 0 spiro atoms. The van der Waals surface area contributed by atoms with Crippen LogP contribution in [-0.4, -0.2) is 46.1 Å². The average molecular weight is 303 g/mol. The zero-order chi connectivity index (χ0) is 15.8. The van der Waals surface area contributed by atoms with Gasteiger partial charge in [0, 0.05) is 18.9 Å². The lowest BCUT2D eigenvalue weighted by Crippen LogP contribution is -2.35. The summed E-state index contributed by atoms with van der Waals surface area (Å²) in [5.41, 5.74) is 0.779. The van der Waals surface area contributed by atoms with E-state index in [1.54, 1.807) is 12.4 Å². The Morgan fingerprint density at radius 1 is 1.41 bits per heavy atom. The highest BCUT2D eigenvalue weighted by atomic mass is 16.4. The third-order valence-electron chi connectivity index (χ3n) is 3.05. The van der Waals surface area contributed by atoms with Crippen molar-refractivity contribution in [2.45, 2.75) is 26.3 Å². The minimum Gasteiger partial charge on any atom is -0.419 e. The van der Waals surface area contributed by atoms with Crippen molar-refractivity contribution in [2.75, 3.05) is 20.1 Å². The summed E-state index contributed by atoms with van der Waals surface area (Å²) >= 11 is 0. The number of carbonyl (C=O) groups excluding carboxylic acids is 1. The second kappa shape index (κ2) is 8.23. The molecule has 0 aliphatic carbocycles. The molecule has 0 radical (unpaired) electrons. The Morgan fingerprint density at radius 2 is 2.27 bits per heavy atom. The molecule has 0 fully saturated rings. The predicted molar refractivity (Wildman–Crippen MR) is 81.8 cm³/mol. The second-order valence-electron chi connectivity index (χ2n) is 5.12. The topological polar surface area (TPSA) is 84.2 Å². The highest BCUT2D eigenvalue weighted by Crippen LogP contribution is 2.16. The van der Waals surface area contributed by atoms with Crippen molar-refractivity contribution in [1.82, 2.24) is 25.4 Å². The summed E-state index contributed by atoms with van der Waals surface area (Å²) in [4.78, 5) is 17.6. The Hall–Kier alpha value is -2.28. The van der Waals surface area contributed by atoms with Crippen LogP contribution in [0.2, 0.25) is 0 Å². The smallest absolute Gasteiger partial charge is 0.249 e. The van der Waals surface area contributed by atoms with Crippen LogP contribution < -0.4 is 5.32 Å². The molecule has 2 aromatic heterocycles. The number of pyridine rings is 1. The molecule has 22 heavy (non-hydrogen) atoms.